The second-order valence-corrected chi connectivity index (χ2v) is 5.76. The Balaban J connectivity index is 2.46. The van der Waals surface area contributed by atoms with Gasteiger partial charge in [-0.1, -0.05) is 51.1 Å². The molecule has 0 N–H and O–H groups in total. The van der Waals surface area contributed by atoms with E-state index >= 15 is 0 Å². The van der Waals surface area contributed by atoms with Crippen LogP contribution in [0.15, 0.2) is 30.3 Å². The number of ketones is 1. The molecule has 0 unspecified atom stereocenters. The van der Waals surface area contributed by atoms with E-state index in [0.717, 1.165) is 5.56 Å². The Labute approximate surface area is 102 Å². The summed E-state index contributed by atoms with van der Waals surface area (Å²) < 4.78 is 0. The summed E-state index contributed by atoms with van der Waals surface area (Å²) in [7, 11) is 0. The van der Waals surface area contributed by atoms with Gasteiger partial charge in [-0.2, -0.15) is 5.26 Å². The van der Waals surface area contributed by atoms with Crippen LogP contribution >= 0.6 is 0 Å². The number of nitriles is 1. The molecule has 17 heavy (non-hydrogen) atoms. The molecule has 0 bridgehead atoms. The topological polar surface area (TPSA) is 40.9 Å². The normalized spacial score (nSPS) is 28.4. The number of hydrogen-bond donors (Lipinski definition) is 0. The average Bonchev–Trinajstić information content (AvgIpc) is 2.26. The van der Waals surface area contributed by atoms with Crippen molar-refractivity contribution in [2.45, 2.75) is 33.1 Å². The van der Waals surface area contributed by atoms with Crippen LogP contribution in [0.5, 0.6) is 0 Å². The molecule has 0 spiro atoms. The quantitative estimate of drug-likeness (QED) is 0.738. The second-order valence-electron chi connectivity index (χ2n) is 5.76. The second kappa shape index (κ2) is 3.70. The highest BCUT2D eigenvalue weighted by molar-refractivity contribution is 5.96. The third-order valence-corrected chi connectivity index (χ3v) is 3.91. The van der Waals surface area contributed by atoms with Gasteiger partial charge >= 0.3 is 0 Å². The molecule has 1 saturated carbocycles. The van der Waals surface area contributed by atoms with E-state index in [0.29, 0.717) is 6.42 Å². The van der Waals surface area contributed by atoms with Crippen LogP contribution in [-0.2, 0) is 4.79 Å². The smallest absolute Gasteiger partial charge is 0.154 e. The lowest BCUT2D eigenvalue weighted by Crippen LogP contribution is -2.55. The average molecular weight is 227 g/mol. The highest BCUT2D eigenvalue weighted by Crippen LogP contribution is 2.59. The van der Waals surface area contributed by atoms with E-state index in [4.69, 9.17) is 0 Å². The fourth-order valence-corrected chi connectivity index (χ4v) is 2.86. The summed E-state index contributed by atoms with van der Waals surface area (Å²) in [6.45, 7) is 5.93. The number of Topliss-reactive ketones (excluding diaryl/α,β-unsaturated/α-hetero) is 1. The molecule has 1 aliphatic carbocycles. The van der Waals surface area contributed by atoms with E-state index in [1.54, 1.807) is 0 Å². The fraction of sp³-hybridized carbons (Fsp3) is 0.467. The van der Waals surface area contributed by atoms with E-state index in [1.165, 1.54) is 0 Å². The Morgan fingerprint density at radius 1 is 1.29 bits per heavy atom. The van der Waals surface area contributed by atoms with E-state index in [-0.39, 0.29) is 17.1 Å². The van der Waals surface area contributed by atoms with Gasteiger partial charge in [-0.15, -0.1) is 0 Å². The molecule has 0 amide bonds. The van der Waals surface area contributed by atoms with Crippen LogP contribution in [0, 0.1) is 22.2 Å². The fourth-order valence-electron chi connectivity index (χ4n) is 2.86. The van der Waals surface area contributed by atoms with Crippen LogP contribution in [0.2, 0.25) is 0 Å². The van der Waals surface area contributed by atoms with E-state index < -0.39 is 5.41 Å². The summed E-state index contributed by atoms with van der Waals surface area (Å²) in [4.78, 5) is 12.0. The summed E-state index contributed by atoms with van der Waals surface area (Å²) in [5.74, 6) is 0.127. The van der Waals surface area contributed by atoms with Gasteiger partial charge in [0.25, 0.3) is 0 Å². The number of benzene rings is 1. The van der Waals surface area contributed by atoms with Gasteiger partial charge in [0, 0.05) is 12.3 Å². The van der Waals surface area contributed by atoms with Gasteiger partial charge in [-0.3, -0.25) is 4.79 Å². The summed E-state index contributed by atoms with van der Waals surface area (Å²) in [6.07, 6.45) is 0.495. The molecule has 0 aromatic heterocycles. The van der Waals surface area contributed by atoms with Crippen molar-refractivity contribution in [3.8, 4) is 6.07 Å². The van der Waals surface area contributed by atoms with Gasteiger partial charge in [-0.05, 0) is 11.0 Å². The molecule has 1 aliphatic rings. The minimum absolute atomic E-state index is 0.0428. The predicted molar refractivity (Wildman–Crippen MR) is 66.3 cm³/mol. The molecular formula is C15H17NO. The van der Waals surface area contributed by atoms with Crippen LogP contribution in [-0.4, -0.2) is 5.78 Å². The molecule has 2 heteroatoms. The Morgan fingerprint density at radius 3 is 2.29 bits per heavy atom. The van der Waals surface area contributed by atoms with E-state index in [1.807, 2.05) is 51.1 Å². The zero-order valence-corrected chi connectivity index (χ0v) is 10.5. The maximum absolute atomic E-state index is 12.0. The lowest BCUT2D eigenvalue weighted by atomic mass is 9.47. The highest BCUT2D eigenvalue weighted by atomic mass is 16.1. The molecule has 88 valence electrons. The predicted octanol–water partition coefficient (Wildman–Crippen LogP) is 3.30. The van der Waals surface area contributed by atoms with Crippen LogP contribution in [0.3, 0.4) is 0 Å². The van der Waals surface area contributed by atoms with Gasteiger partial charge in [0.05, 0.1) is 6.07 Å². The van der Waals surface area contributed by atoms with Crippen LogP contribution in [0.25, 0.3) is 0 Å². The maximum atomic E-state index is 12.0. The minimum atomic E-state index is -0.853. The summed E-state index contributed by atoms with van der Waals surface area (Å²) >= 11 is 0. The Kier molecular flexibility index (Phi) is 2.58. The summed E-state index contributed by atoms with van der Waals surface area (Å²) in [6, 6.07) is 12.2. The number of carbonyl (C=O) groups excluding carboxylic acids is 1. The van der Waals surface area contributed by atoms with E-state index in [9.17, 15) is 10.1 Å². The van der Waals surface area contributed by atoms with Crippen molar-refractivity contribution in [3.63, 3.8) is 0 Å². The van der Waals surface area contributed by atoms with Crippen molar-refractivity contribution >= 4 is 5.78 Å². The van der Waals surface area contributed by atoms with Crippen molar-refractivity contribution < 1.29 is 4.79 Å². The molecule has 2 nitrogen and oxygen atoms in total. The first-order chi connectivity index (χ1) is 7.93. The Bertz CT molecular complexity index is 478. The minimum Gasteiger partial charge on any atom is -0.298 e. The standard InChI is InChI=1S/C15H17NO/c1-14(2,3)15(10-16)12(9-13(15)17)11-7-5-4-6-8-11/h4-8,12H,9H2,1-3H3/t12-,15+/m1/s1. The Morgan fingerprint density at radius 2 is 1.88 bits per heavy atom. The Hall–Kier alpha value is -1.62. The number of nitrogens with zero attached hydrogens (tertiary/aromatic N) is 1. The number of rotatable bonds is 1. The lowest BCUT2D eigenvalue weighted by Gasteiger charge is -2.51. The van der Waals surface area contributed by atoms with Crippen molar-refractivity contribution in [3.05, 3.63) is 35.9 Å². The molecule has 2 atom stereocenters. The molecule has 1 fully saturated rings. The van der Waals surface area contributed by atoms with Crippen molar-refractivity contribution in [2.24, 2.45) is 10.8 Å². The number of carbonyl (C=O) groups is 1. The first-order valence-electron chi connectivity index (χ1n) is 5.93. The van der Waals surface area contributed by atoms with Crippen LogP contribution < -0.4 is 0 Å². The van der Waals surface area contributed by atoms with Gasteiger partial charge in [0.1, 0.15) is 5.41 Å². The van der Waals surface area contributed by atoms with Crippen molar-refractivity contribution in [1.29, 1.82) is 5.26 Å². The maximum Gasteiger partial charge on any atom is 0.154 e. The third kappa shape index (κ3) is 1.50. The molecule has 0 radical (unpaired) electrons. The zero-order chi connectivity index (χ0) is 12.7. The molecule has 1 aromatic carbocycles. The molecule has 1 aromatic rings. The first kappa shape index (κ1) is 11.9. The molecule has 0 aliphatic heterocycles. The van der Waals surface area contributed by atoms with Gasteiger partial charge in [0.2, 0.25) is 0 Å². The molecular weight excluding hydrogens is 210 g/mol. The molecule has 2 rings (SSSR count). The summed E-state index contributed by atoms with van der Waals surface area (Å²) in [5, 5.41) is 9.50. The highest BCUT2D eigenvalue weighted by Gasteiger charge is 2.62. The summed E-state index contributed by atoms with van der Waals surface area (Å²) in [5.41, 5.74) is -0.0741. The van der Waals surface area contributed by atoms with Crippen molar-refractivity contribution in [2.75, 3.05) is 0 Å². The monoisotopic (exact) mass is 227 g/mol. The number of hydrogen-bond acceptors (Lipinski definition) is 2. The zero-order valence-electron chi connectivity index (χ0n) is 10.5. The largest absolute Gasteiger partial charge is 0.298 e. The van der Waals surface area contributed by atoms with Crippen molar-refractivity contribution in [1.82, 2.24) is 0 Å². The third-order valence-electron chi connectivity index (χ3n) is 3.91. The van der Waals surface area contributed by atoms with Gasteiger partial charge in [0.15, 0.2) is 5.78 Å². The SMILES string of the molecule is CC(C)(C)[C@]1(C#N)C(=O)C[C@@H]1c1ccccc1. The van der Waals surface area contributed by atoms with E-state index in [2.05, 4.69) is 6.07 Å². The molecule has 0 saturated heterocycles. The van der Waals surface area contributed by atoms with Gasteiger partial charge < -0.3 is 0 Å². The van der Waals surface area contributed by atoms with Gasteiger partial charge in [-0.25, -0.2) is 0 Å². The molecule has 0 heterocycles. The van der Waals surface area contributed by atoms with Crippen LogP contribution in [0.1, 0.15) is 38.7 Å². The first-order valence-corrected chi connectivity index (χ1v) is 5.93. The van der Waals surface area contributed by atoms with Crippen LogP contribution in [0.4, 0.5) is 0 Å². The lowest BCUT2D eigenvalue weighted by molar-refractivity contribution is -0.144.